The number of benzene rings is 3. The van der Waals surface area contributed by atoms with Crippen LogP contribution in [0.2, 0.25) is 0 Å². The molecule has 4 aromatic rings. The molecule has 0 radical (unpaired) electrons. The lowest BCUT2D eigenvalue weighted by molar-refractivity contribution is 0.489. The van der Waals surface area contributed by atoms with Crippen LogP contribution in [0.15, 0.2) is 78.9 Å². The van der Waals surface area contributed by atoms with E-state index >= 15 is 0 Å². The molecule has 0 aliphatic rings. The smallest absolute Gasteiger partial charge is 0.117 e. The molecule has 0 unspecified atom stereocenters. The Bertz CT molecular complexity index is 940. The summed E-state index contributed by atoms with van der Waals surface area (Å²) >= 11 is 1.67. The third-order valence-electron chi connectivity index (χ3n) is 4.07. The van der Waals surface area contributed by atoms with E-state index in [1.54, 1.807) is 11.3 Å². The fourth-order valence-electron chi connectivity index (χ4n) is 2.91. The highest BCUT2D eigenvalue weighted by molar-refractivity contribution is 7.22. The van der Waals surface area contributed by atoms with Crippen molar-refractivity contribution in [3.63, 3.8) is 0 Å². The van der Waals surface area contributed by atoms with Gasteiger partial charge in [-0.2, -0.15) is 0 Å². The minimum Gasteiger partial charge on any atom is -0.246 e. The molecule has 112 valence electrons. The summed E-state index contributed by atoms with van der Waals surface area (Å²) in [4.78, 5) is 1.04. The van der Waals surface area contributed by atoms with Gasteiger partial charge in [0.15, 0.2) is 0 Å². The van der Waals surface area contributed by atoms with Gasteiger partial charge in [-0.1, -0.05) is 66.7 Å². The molecule has 1 heterocycles. The second-order valence-electron chi connectivity index (χ2n) is 5.49. The Morgan fingerprint density at radius 2 is 1.35 bits per heavy atom. The maximum atomic E-state index is 13.8. The Hall–Kier alpha value is -2.45. The van der Waals surface area contributed by atoms with Gasteiger partial charge < -0.3 is 0 Å². The lowest BCUT2D eigenvalue weighted by Crippen LogP contribution is -1.82. The summed E-state index contributed by atoms with van der Waals surface area (Å²) in [5, 5.41) is 1.03. The highest BCUT2D eigenvalue weighted by Gasteiger charge is 2.14. The SMILES string of the molecule is FCc1c(-c2ccccc2)sc2ccc(-c3ccccc3)cc12. The van der Waals surface area contributed by atoms with Gasteiger partial charge in [-0.05, 0) is 34.2 Å². The van der Waals surface area contributed by atoms with E-state index in [1.165, 1.54) is 0 Å². The van der Waals surface area contributed by atoms with Crippen molar-refractivity contribution < 1.29 is 4.39 Å². The minimum absolute atomic E-state index is 0.442. The van der Waals surface area contributed by atoms with Crippen LogP contribution in [0.3, 0.4) is 0 Å². The van der Waals surface area contributed by atoms with E-state index in [9.17, 15) is 4.39 Å². The van der Waals surface area contributed by atoms with Crippen molar-refractivity contribution in [2.45, 2.75) is 6.67 Å². The molecule has 1 aromatic heterocycles. The topological polar surface area (TPSA) is 0 Å². The first-order valence-electron chi connectivity index (χ1n) is 7.59. The number of hydrogen-bond acceptors (Lipinski definition) is 1. The fraction of sp³-hybridized carbons (Fsp3) is 0.0476. The minimum atomic E-state index is -0.442. The number of rotatable bonds is 3. The molecule has 23 heavy (non-hydrogen) atoms. The summed E-state index contributed by atoms with van der Waals surface area (Å²) in [5.74, 6) is 0. The summed E-state index contributed by atoms with van der Waals surface area (Å²) < 4.78 is 14.9. The summed E-state index contributed by atoms with van der Waals surface area (Å²) in [5.41, 5.74) is 4.17. The summed E-state index contributed by atoms with van der Waals surface area (Å²) in [6, 6.07) is 26.6. The summed E-state index contributed by atoms with van der Waals surface area (Å²) in [6.45, 7) is -0.442. The fourth-order valence-corrected chi connectivity index (χ4v) is 4.10. The Labute approximate surface area is 138 Å². The second-order valence-corrected chi connectivity index (χ2v) is 6.54. The lowest BCUT2D eigenvalue weighted by Gasteiger charge is -2.03. The van der Waals surface area contributed by atoms with E-state index in [0.29, 0.717) is 0 Å². The van der Waals surface area contributed by atoms with Crippen LogP contribution in [0.25, 0.3) is 31.7 Å². The number of fused-ring (bicyclic) bond motifs is 1. The molecule has 0 nitrogen and oxygen atoms in total. The third-order valence-corrected chi connectivity index (χ3v) is 5.33. The van der Waals surface area contributed by atoms with Crippen molar-refractivity contribution in [2.75, 3.05) is 0 Å². The standard InChI is InChI=1S/C21H15FS/c22-14-19-18-13-17(15-7-3-1-4-8-15)11-12-20(18)23-21(19)16-9-5-2-6-10-16/h1-13H,14H2. The molecule has 0 N–H and O–H groups in total. The van der Waals surface area contributed by atoms with Crippen LogP contribution in [0, 0.1) is 0 Å². The van der Waals surface area contributed by atoms with Crippen LogP contribution in [0.1, 0.15) is 5.56 Å². The number of hydrogen-bond donors (Lipinski definition) is 0. The zero-order valence-corrected chi connectivity index (χ0v) is 13.3. The first-order chi connectivity index (χ1) is 11.4. The van der Waals surface area contributed by atoms with E-state index in [-0.39, 0.29) is 0 Å². The molecule has 0 amide bonds. The van der Waals surface area contributed by atoms with Crippen LogP contribution < -0.4 is 0 Å². The zero-order chi connectivity index (χ0) is 15.6. The zero-order valence-electron chi connectivity index (χ0n) is 12.5. The molecule has 0 fully saturated rings. The van der Waals surface area contributed by atoms with Gasteiger partial charge in [0, 0.05) is 15.1 Å². The average molecular weight is 318 g/mol. The molecule has 2 heteroatoms. The maximum absolute atomic E-state index is 13.8. The van der Waals surface area contributed by atoms with Gasteiger partial charge in [-0.15, -0.1) is 11.3 Å². The van der Waals surface area contributed by atoms with Gasteiger partial charge in [0.25, 0.3) is 0 Å². The predicted octanol–water partition coefficient (Wildman–Crippen LogP) is 6.70. The molecule has 0 atom stereocenters. The Morgan fingerprint density at radius 3 is 2.00 bits per heavy atom. The van der Waals surface area contributed by atoms with E-state index in [0.717, 1.165) is 37.2 Å². The molecule has 0 aliphatic carbocycles. The Kier molecular flexibility index (Phi) is 3.68. The van der Waals surface area contributed by atoms with Crippen molar-refractivity contribution in [3.05, 3.63) is 84.4 Å². The molecule has 0 saturated heterocycles. The third kappa shape index (κ3) is 2.55. The normalized spacial score (nSPS) is 11.0. The largest absolute Gasteiger partial charge is 0.246 e. The highest BCUT2D eigenvalue weighted by atomic mass is 32.1. The molecule has 0 bridgehead atoms. The van der Waals surface area contributed by atoms with Crippen molar-refractivity contribution in [2.24, 2.45) is 0 Å². The number of halogens is 1. The molecular weight excluding hydrogens is 303 g/mol. The van der Waals surface area contributed by atoms with Gasteiger partial charge in [-0.3, -0.25) is 0 Å². The van der Waals surface area contributed by atoms with Crippen LogP contribution in [0.5, 0.6) is 0 Å². The van der Waals surface area contributed by atoms with Crippen LogP contribution in [-0.2, 0) is 6.67 Å². The number of thiophene rings is 1. The average Bonchev–Trinajstić information content (AvgIpc) is 3.01. The monoisotopic (exact) mass is 318 g/mol. The first-order valence-corrected chi connectivity index (χ1v) is 8.40. The molecule has 4 rings (SSSR count). The van der Waals surface area contributed by atoms with Crippen LogP contribution in [0.4, 0.5) is 4.39 Å². The molecule has 3 aromatic carbocycles. The van der Waals surface area contributed by atoms with Crippen molar-refractivity contribution >= 4 is 21.4 Å². The van der Waals surface area contributed by atoms with E-state index in [1.807, 2.05) is 48.5 Å². The van der Waals surface area contributed by atoms with Gasteiger partial charge in [0.2, 0.25) is 0 Å². The van der Waals surface area contributed by atoms with Gasteiger partial charge in [0.05, 0.1) is 0 Å². The number of alkyl halides is 1. The summed E-state index contributed by atoms with van der Waals surface area (Å²) in [6.07, 6.45) is 0. The molecule has 0 saturated carbocycles. The van der Waals surface area contributed by atoms with Crippen LogP contribution >= 0.6 is 11.3 Å². The van der Waals surface area contributed by atoms with Crippen molar-refractivity contribution in [3.8, 4) is 21.6 Å². The Balaban J connectivity index is 1.92. The van der Waals surface area contributed by atoms with E-state index < -0.39 is 6.67 Å². The molecular formula is C21H15FS. The highest BCUT2D eigenvalue weighted by Crippen LogP contribution is 2.40. The van der Waals surface area contributed by atoms with Gasteiger partial charge >= 0.3 is 0 Å². The Morgan fingerprint density at radius 1 is 0.696 bits per heavy atom. The second kappa shape index (κ2) is 5.98. The van der Waals surface area contributed by atoms with Crippen molar-refractivity contribution in [1.29, 1.82) is 0 Å². The van der Waals surface area contributed by atoms with Crippen LogP contribution in [-0.4, -0.2) is 0 Å². The van der Waals surface area contributed by atoms with E-state index in [4.69, 9.17) is 0 Å². The quantitative estimate of drug-likeness (QED) is 0.394. The maximum Gasteiger partial charge on any atom is 0.117 e. The first kappa shape index (κ1) is 14.2. The lowest BCUT2D eigenvalue weighted by atomic mass is 10.0. The predicted molar refractivity (Wildman–Crippen MR) is 97.5 cm³/mol. The van der Waals surface area contributed by atoms with Crippen molar-refractivity contribution in [1.82, 2.24) is 0 Å². The summed E-state index contributed by atoms with van der Waals surface area (Å²) in [7, 11) is 0. The van der Waals surface area contributed by atoms with E-state index in [2.05, 4.69) is 30.3 Å². The molecule has 0 aliphatic heterocycles. The van der Waals surface area contributed by atoms with Gasteiger partial charge in [0.1, 0.15) is 6.67 Å². The van der Waals surface area contributed by atoms with Gasteiger partial charge in [-0.25, -0.2) is 4.39 Å². The molecule has 0 spiro atoms.